The Labute approximate surface area is 232 Å². The minimum atomic E-state index is -0.522. The Kier molecular flexibility index (Phi) is 8.47. The first-order valence-corrected chi connectivity index (χ1v) is 14.4. The molecule has 39 heavy (non-hydrogen) atoms. The first-order chi connectivity index (χ1) is 18.9. The highest BCUT2D eigenvalue weighted by atomic mass is 32.1. The number of hydrogen-bond donors (Lipinski definition) is 2. The molecule has 208 valence electrons. The van der Waals surface area contributed by atoms with Crippen LogP contribution in [0.15, 0.2) is 24.5 Å². The fourth-order valence-corrected chi connectivity index (χ4v) is 6.44. The molecule has 2 amide bonds. The van der Waals surface area contributed by atoms with Crippen LogP contribution in [0.25, 0.3) is 10.2 Å². The molecule has 0 spiro atoms. The number of piperidine rings is 1. The van der Waals surface area contributed by atoms with Crippen molar-refractivity contribution >= 4 is 39.2 Å². The highest BCUT2D eigenvalue weighted by Crippen LogP contribution is 2.35. The van der Waals surface area contributed by atoms with Gasteiger partial charge in [0, 0.05) is 38.8 Å². The predicted octanol–water partition coefficient (Wildman–Crippen LogP) is 3.58. The molecule has 5 rings (SSSR count). The van der Waals surface area contributed by atoms with Gasteiger partial charge >= 0.3 is 0 Å². The number of likely N-dealkylation sites (tertiary alicyclic amines) is 2. The molecule has 2 saturated heterocycles. The summed E-state index contributed by atoms with van der Waals surface area (Å²) < 4.78 is 11.2. The van der Waals surface area contributed by atoms with Gasteiger partial charge < -0.3 is 25.4 Å². The summed E-state index contributed by atoms with van der Waals surface area (Å²) in [5, 5.41) is 4.62. The Morgan fingerprint density at radius 1 is 1.10 bits per heavy atom. The van der Waals surface area contributed by atoms with E-state index < -0.39 is 5.91 Å². The van der Waals surface area contributed by atoms with Gasteiger partial charge in [-0.1, -0.05) is 6.07 Å². The molecule has 11 heteroatoms. The fourth-order valence-electron chi connectivity index (χ4n) is 5.32. The predicted molar refractivity (Wildman–Crippen MR) is 152 cm³/mol. The van der Waals surface area contributed by atoms with Gasteiger partial charge in [-0.15, -0.1) is 11.3 Å². The van der Waals surface area contributed by atoms with Gasteiger partial charge in [0.15, 0.2) is 18.1 Å². The molecule has 0 saturated carbocycles. The first kappa shape index (κ1) is 27.1. The molecule has 0 bridgehead atoms. The number of carbonyl (C=O) groups excluding carboxylic acids is 2. The van der Waals surface area contributed by atoms with Crippen molar-refractivity contribution < 1.29 is 19.1 Å². The number of nitrogens with two attached hydrogens (primary N) is 1. The highest BCUT2D eigenvalue weighted by Gasteiger charge is 2.27. The topological polar surface area (TPSA) is 123 Å². The Morgan fingerprint density at radius 2 is 1.87 bits per heavy atom. The number of rotatable bonds is 10. The van der Waals surface area contributed by atoms with Gasteiger partial charge in [-0.05, 0) is 62.8 Å². The number of carbonyl (C=O) groups is 2. The quantitative estimate of drug-likeness (QED) is 0.391. The van der Waals surface area contributed by atoms with E-state index >= 15 is 0 Å². The van der Waals surface area contributed by atoms with Crippen molar-refractivity contribution in [1.29, 1.82) is 0 Å². The van der Waals surface area contributed by atoms with Crippen molar-refractivity contribution in [3.05, 3.63) is 40.5 Å². The number of thiophene rings is 1. The summed E-state index contributed by atoms with van der Waals surface area (Å²) in [6, 6.07) is 6.10. The van der Waals surface area contributed by atoms with Gasteiger partial charge in [0.25, 0.3) is 11.8 Å². The molecule has 0 radical (unpaired) electrons. The number of aryl methyl sites for hydroxylation is 1. The van der Waals surface area contributed by atoms with Crippen LogP contribution in [-0.4, -0.2) is 77.0 Å². The van der Waals surface area contributed by atoms with Crippen molar-refractivity contribution in [2.75, 3.05) is 44.7 Å². The zero-order valence-corrected chi connectivity index (χ0v) is 23.4. The molecule has 3 aromatic rings. The second-order valence-corrected chi connectivity index (χ2v) is 11.1. The number of hydrogen-bond acceptors (Lipinski definition) is 9. The van der Waals surface area contributed by atoms with Crippen molar-refractivity contribution in [3.8, 4) is 11.5 Å². The Balaban J connectivity index is 1.21. The summed E-state index contributed by atoms with van der Waals surface area (Å²) in [5.41, 5.74) is 7.31. The van der Waals surface area contributed by atoms with E-state index in [1.165, 1.54) is 11.3 Å². The molecule has 10 nitrogen and oxygen atoms in total. The molecule has 4 heterocycles. The van der Waals surface area contributed by atoms with E-state index in [1.54, 1.807) is 6.33 Å². The van der Waals surface area contributed by atoms with Crippen LogP contribution >= 0.6 is 11.3 Å². The third kappa shape index (κ3) is 6.25. The lowest BCUT2D eigenvalue weighted by molar-refractivity contribution is -0.119. The molecule has 1 aromatic carbocycles. The SMILES string of the molecule is CCOc1cc(CN2CCC(Nc3ncnc4sc(C(=O)N5CCCC5)c(C)c34)CC2)ccc1OCC(N)=O. The molecular formula is C28H36N6O4S. The van der Waals surface area contributed by atoms with Crippen LogP contribution < -0.4 is 20.5 Å². The Morgan fingerprint density at radius 3 is 2.59 bits per heavy atom. The fraction of sp³-hybridized carbons (Fsp3) is 0.500. The van der Waals surface area contributed by atoms with Crippen LogP contribution in [0, 0.1) is 6.92 Å². The average molecular weight is 553 g/mol. The second kappa shape index (κ2) is 12.2. The van der Waals surface area contributed by atoms with Crippen LogP contribution in [-0.2, 0) is 11.3 Å². The molecule has 2 aliphatic rings. The summed E-state index contributed by atoms with van der Waals surface area (Å²) >= 11 is 1.47. The molecule has 2 aromatic heterocycles. The molecule has 3 N–H and O–H groups in total. The highest BCUT2D eigenvalue weighted by molar-refractivity contribution is 7.20. The average Bonchev–Trinajstić information content (AvgIpc) is 3.58. The number of benzene rings is 1. The van der Waals surface area contributed by atoms with E-state index in [-0.39, 0.29) is 12.5 Å². The zero-order chi connectivity index (χ0) is 27.4. The molecule has 0 aliphatic carbocycles. The van der Waals surface area contributed by atoms with Crippen LogP contribution in [0.2, 0.25) is 0 Å². The van der Waals surface area contributed by atoms with Crippen molar-refractivity contribution in [2.24, 2.45) is 5.73 Å². The number of nitrogens with zero attached hydrogens (tertiary/aromatic N) is 4. The maximum Gasteiger partial charge on any atom is 0.264 e. The van der Waals surface area contributed by atoms with Gasteiger partial charge in [0.05, 0.1) is 16.9 Å². The van der Waals surface area contributed by atoms with E-state index in [1.807, 2.05) is 36.9 Å². The first-order valence-electron chi connectivity index (χ1n) is 13.6. The summed E-state index contributed by atoms with van der Waals surface area (Å²) in [5.74, 6) is 1.56. The largest absolute Gasteiger partial charge is 0.490 e. The van der Waals surface area contributed by atoms with Crippen molar-refractivity contribution in [1.82, 2.24) is 19.8 Å². The molecule has 0 unspecified atom stereocenters. The van der Waals surface area contributed by atoms with Crippen LogP contribution in [0.4, 0.5) is 5.82 Å². The number of aromatic nitrogens is 2. The lowest BCUT2D eigenvalue weighted by Gasteiger charge is -2.32. The van der Waals surface area contributed by atoms with Crippen LogP contribution in [0.3, 0.4) is 0 Å². The van der Waals surface area contributed by atoms with Gasteiger partial charge in [-0.25, -0.2) is 9.97 Å². The minimum Gasteiger partial charge on any atom is -0.490 e. The second-order valence-electron chi connectivity index (χ2n) is 10.1. The normalized spacial score (nSPS) is 16.5. The standard InChI is InChI=1S/C28H36N6O4S/c1-3-37-22-14-19(6-7-21(22)38-16-23(29)35)15-33-12-8-20(9-13-33)32-26-24-18(2)25(39-27(24)31-17-30-26)28(36)34-10-4-5-11-34/h6-7,14,17,20H,3-5,8-13,15-16H2,1-2H3,(H2,29,35)(H,30,31,32). The number of anilines is 1. The van der Waals surface area contributed by atoms with E-state index in [9.17, 15) is 9.59 Å². The number of amides is 2. The monoisotopic (exact) mass is 552 g/mol. The smallest absolute Gasteiger partial charge is 0.264 e. The van der Waals surface area contributed by atoms with Gasteiger partial charge in [0.2, 0.25) is 0 Å². The summed E-state index contributed by atoms with van der Waals surface area (Å²) in [6.45, 7) is 8.60. The third-order valence-electron chi connectivity index (χ3n) is 7.33. The summed E-state index contributed by atoms with van der Waals surface area (Å²) in [4.78, 5) is 39.2. The maximum absolute atomic E-state index is 13.1. The molecule has 2 aliphatic heterocycles. The van der Waals surface area contributed by atoms with E-state index in [4.69, 9.17) is 15.2 Å². The van der Waals surface area contributed by atoms with Crippen molar-refractivity contribution in [2.45, 2.75) is 52.1 Å². The Hall–Kier alpha value is -3.44. The van der Waals surface area contributed by atoms with Gasteiger partial charge in [0.1, 0.15) is 17.0 Å². The zero-order valence-electron chi connectivity index (χ0n) is 22.6. The van der Waals surface area contributed by atoms with Crippen LogP contribution in [0.1, 0.15) is 53.4 Å². The maximum atomic E-state index is 13.1. The number of primary amides is 1. The van der Waals surface area contributed by atoms with E-state index in [0.29, 0.717) is 24.1 Å². The van der Waals surface area contributed by atoms with E-state index in [0.717, 1.165) is 90.4 Å². The number of fused-ring (bicyclic) bond motifs is 1. The summed E-state index contributed by atoms with van der Waals surface area (Å²) in [7, 11) is 0. The van der Waals surface area contributed by atoms with Crippen molar-refractivity contribution in [3.63, 3.8) is 0 Å². The lowest BCUT2D eigenvalue weighted by atomic mass is 10.0. The number of ether oxygens (including phenoxy) is 2. The molecule has 0 atom stereocenters. The Bertz CT molecular complexity index is 1330. The van der Waals surface area contributed by atoms with Gasteiger partial charge in [-0.3, -0.25) is 14.5 Å². The summed E-state index contributed by atoms with van der Waals surface area (Å²) in [6.07, 6.45) is 5.70. The van der Waals surface area contributed by atoms with E-state index in [2.05, 4.69) is 20.2 Å². The van der Waals surface area contributed by atoms with Gasteiger partial charge in [-0.2, -0.15) is 0 Å². The van der Waals surface area contributed by atoms with Crippen LogP contribution in [0.5, 0.6) is 11.5 Å². The molecule has 2 fully saturated rings. The molecular weight excluding hydrogens is 516 g/mol. The third-order valence-corrected chi connectivity index (χ3v) is 8.51. The lowest BCUT2D eigenvalue weighted by Crippen LogP contribution is -2.38. The number of nitrogens with one attached hydrogen (secondary N) is 1. The minimum absolute atomic E-state index is 0.118.